The van der Waals surface area contributed by atoms with Crippen LogP contribution in [0, 0.1) is 0 Å². The Morgan fingerprint density at radius 1 is 1.36 bits per heavy atom. The highest BCUT2D eigenvalue weighted by molar-refractivity contribution is 7.97. The predicted molar refractivity (Wildman–Crippen MR) is 44.2 cm³/mol. The van der Waals surface area contributed by atoms with Crippen molar-refractivity contribution in [1.29, 1.82) is 0 Å². The first kappa shape index (κ1) is 12.6. The molecule has 0 heterocycles. The lowest BCUT2D eigenvalue weighted by Crippen LogP contribution is -2.01. The van der Waals surface area contributed by atoms with Crippen LogP contribution in [0.15, 0.2) is 24.0 Å². The van der Waals surface area contributed by atoms with Gasteiger partial charge in [-0.1, -0.05) is 13.2 Å². The van der Waals surface area contributed by atoms with Gasteiger partial charge < -0.3 is 5.73 Å². The highest BCUT2D eigenvalue weighted by Crippen LogP contribution is 1.87. The molecule has 5 heteroatoms. The number of rotatable bonds is 2. The van der Waals surface area contributed by atoms with Gasteiger partial charge in [0, 0.05) is 17.7 Å². The van der Waals surface area contributed by atoms with E-state index in [-0.39, 0.29) is 5.91 Å². The van der Waals surface area contributed by atoms with Crippen molar-refractivity contribution in [3.8, 4) is 0 Å². The monoisotopic (exact) mass is 177 g/mol. The number of nitrogens with two attached hydrogens (primary N) is 1. The lowest BCUT2D eigenvalue weighted by Gasteiger charge is -1.78. The van der Waals surface area contributed by atoms with Crippen LogP contribution in [-0.2, 0) is 14.6 Å². The smallest absolute Gasteiger partial charge is 0.214 e. The van der Waals surface area contributed by atoms with Gasteiger partial charge in [-0.15, -0.1) is 0 Å². The Bertz CT molecular complexity index is 223. The van der Waals surface area contributed by atoms with E-state index in [1.807, 2.05) is 0 Å². The predicted octanol–water partition coefficient (Wildman–Crippen LogP) is 0.180. The molecule has 0 aromatic heterocycles. The molecule has 64 valence electrons. The molecule has 0 saturated heterocycles. The molecule has 0 atom stereocenters. The molecular weight excluding hydrogens is 166 g/mol. The summed E-state index contributed by atoms with van der Waals surface area (Å²) in [5.41, 5.74) is 4.47. The van der Waals surface area contributed by atoms with Crippen LogP contribution >= 0.6 is 0 Å². The van der Waals surface area contributed by atoms with Crippen LogP contribution in [-0.4, -0.2) is 14.3 Å². The zero-order valence-electron chi connectivity index (χ0n) is 6.28. The molecule has 0 spiro atoms. The topological polar surface area (TPSA) is 77.2 Å². The summed E-state index contributed by atoms with van der Waals surface area (Å²) < 4.78 is 20.3. The summed E-state index contributed by atoms with van der Waals surface area (Å²) in [5, 5.41) is 1.69. The number of amides is 1. The summed E-state index contributed by atoms with van der Waals surface area (Å²) >= 11 is 0. The first-order chi connectivity index (χ1) is 4.85. The SMILES string of the molecule is C=CS(=O)(=O)C=C.CC(N)=O. The van der Waals surface area contributed by atoms with E-state index >= 15 is 0 Å². The van der Waals surface area contributed by atoms with E-state index in [2.05, 4.69) is 18.9 Å². The van der Waals surface area contributed by atoms with Gasteiger partial charge in [0.1, 0.15) is 0 Å². The summed E-state index contributed by atoms with van der Waals surface area (Å²) in [7, 11) is -3.13. The Labute approximate surface area is 66.3 Å². The highest BCUT2D eigenvalue weighted by atomic mass is 32.2. The van der Waals surface area contributed by atoms with Crippen molar-refractivity contribution in [2.24, 2.45) is 5.73 Å². The summed E-state index contributed by atoms with van der Waals surface area (Å²) in [6.07, 6.45) is 0. The van der Waals surface area contributed by atoms with Gasteiger partial charge >= 0.3 is 0 Å². The number of hydrogen-bond donors (Lipinski definition) is 1. The molecule has 11 heavy (non-hydrogen) atoms. The molecule has 0 aliphatic rings. The van der Waals surface area contributed by atoms with Crippen molar-refractivity contribution in [3.63, 3.8) is 0 Å². The van der Waals surface area contributed by atoms with Crippen LogP contribution in [0.25, 0.3) is 0 Å². The zero-order chi connectivity index (χ0) is 9.49. The molecule has 2 N–H and O–H groups in total. The minimum absolute atomic E-state index is 0.333. The van der Waals surface area contributed by atoms with Gasteiger partial charge in [0.15, 0.2) is 9.84 Å². The second kappa shape index (κ2) is 5.67. The third-order valence-electron chi connectivity index (χ3n) is 0.465. The van der Waals surface area contributed by atoms with Gasteiger partial charge in [-0.05, 0) is 0 Å². The molecule has 0 aromatic carbocycles. The molecule has 4 nitrogen and oxygen atoms in total. The summed E-state index contributed by atoms with van der Waals surface area (Å²) in [6.45, 7) is 7.39. The number of primary amides is 1. The van der Waals surface area contributed by atoms with Gasteiger partial charge in [-0.2, -0.15) is 0 Å². The Morgan fingerprint density at radius 2 is 1.55 bits per heavy atom. The molecule has 0 saturated carbocycles. The van der Waals surface area contributed by atoms with Crippen LogP contribution < -0.4 is 5.73 Å². The van der Waals surface area contributed by atoms with Crippen LogP contribution in [0.5, 0.6) is 0 Å². The fourth-order valence-corrected chi connectivity index (χ4v) is 0.204. The quantitative estimate of drug-likeness (QED) is 0.653. The molecule has 0 bridgehead atoms. The summed E-state index contributed by atoms with van der Waals surface area (Å²) in [4.78, 5) is 9.22. The van der Waals surface area contributed by atoms with E-state index in [0.29, 0.717) is 0 Å². The van der Waals surface area contributed by atoms with Crippen LogP contribution in [0.2, 0.25) is 0 Å². The van der Waals surface area contributed by atoms with E-state index < -0.39 is 9.84 Å². The Morgan fingerprint density at radius 3 is 1.55 bits per heavy atom. The maximum atomic E-state index is 10.1. The molecule has 0 aliphatic carbocycles. The van der Waals surface area contributed by atoms with Crippen molar-refractivity contribution in [2.75, 3.05) is 0 Å². The van der Waals surface area contributed by atoms with E-state index in [9.17, 15) is 13.2 Å². The van der Waals surface area contributed by atoms with Crippen molar-refractivity contribution in [1.82, 2.24) is 0 Å². The number of sulfone groups is 1. The summed E-state index contributed by atoms with van der Waals surface area (Å²) in [5.74, 6) is -0.333. The Kier molecular flexibility index (Phi) is 6.47. The highest BCUT2D eigenvalue weighted by Gasteiger charge is 1.90. The first-order valence-electron chi connectivity index (χ1n) is 2.61. The summed E-state index contributed by atoms with van der Waals surface area (Å²) in [6, 6.07) is 0. The lowest BCUT2D eigenvalue weighted by atomic mass is 10.8. The van der Waals surface area contributed by atoms with E-state index in [1.165, 1.54) is 6.92 Å². The molecule has 0 aromatic rings. The van der Waals surface area contributed by atoms with E-state index in [4.69, 9.17) is 0 Å². The van der Waals surface area contributed by atoms with Gasteiger partial charge in [0.2, 0.25) is 5.91 Å². The van der Waals surface area contributed by atoms with Gasteiger partial charge in [0.05, 0.1) is 0 Å². The molecular formula is C6H11NO3S. The average Bonchev–Trinajstić information content (AvgIpc) is 1.87. The third kappa shape index (κ3) is 17.6. The molecule has 0 radical (unpaired) electrons. The maximum Gasteiger partial charge on any atom is 0.214 e. The van der Waals surface area contributed by atoms with Gasteiger partial charge in [0.25, 0.3) is 0 Å². The fourth-order valence-electron chi connectivity index (χ4n) is 0.0680. The lowest BCUT2D eigenvalue weighted by molar-refractivity contribution is -0.115. The van der Waals surface area contributed by atoms with E-state index in [1.54, 1.807) is 0 Å². The minimum atomic E-state index is -3.13. The first-order valence-corrected chi connectivity index (χ1v) is 4.22. The van der Waals surface area contributed by atoms with Gasteiger partial charge in [-0.25, -0.2) is 8.42 Å². The van der Waals surface area contributed by atoms with Crippen molar-refractivity contribution >= 4 is 15.7 Å². The number of carbonyl (C=O) groups excluding carboxylic acids is 1. The average molecular weight is 177 g/mol. The number of carbonyl (C=O) groups is 1. The van der Waals surface area contributed by atoms with E-state index in [0.717, 1.165) is 10.8 Å². The largest absolute Gasteiger partial charge is 0.370 e. The van der Waals surface area contributed by atoms with Crippen molar-refractivity contribution in [3.05, 3.63) is 24.0 Å². The second-order valence-corrected chi connectivity index (χ2v) is 3.38. The minimum Gasteiger partial charge on any atom is -0.370 e. The molecule has 1 amide bonds. The second-order valence-electron chi connectivity index (χ2n) is 1.53. The standard InChI is InChI=1S/C4H6O2S.C2H5NO/c1-3-7(5,6)4-2;1-2(3)4/h3-4H,1-2H2;1H3,(H2,3,4). The maximum absolute atomic E-state index is 10.1. The fraction of sp³-hybridized carbons (Fsp3) is 0.167. The van der Waals surface area contributed by atoms with Crippen LogP contribution in [0.1, 0.15) is 6.92 Å². The van der Waals surface area contributed by atoms with Crippen molar-refractivity contribution in [2.45, 2.75) is 6.92 Å². The molecule has 0 rings (SSSR count). The number of hydrogen-bond acceptors (Lipinski definition) is 3. The normalized spacial score (nSPS) is 8.82. The third-order valence-corrected chi connectivity index (χ3v) is 1.39. The Hall–Kier alpha value is -1.10. The molecule has 0 unspecified atom stereocenters. The Balaban J connectivity index is 0. The molecule has 0 aliphatic heterocycles. The van der Waals surface area contributed by atoms with Gasteiger partial charge in [-0.3, -0.25) is 4.79 Å². The molecule has 0 fully saturated rings. The van der Waals surface area contributed by atoms with Crippen LogP contribution in [0.3, 0.4) is 0 Å². The zero-order valence-corrected chi connectivity index (χ0v) is 7.10. The van der Waals surface area contributed by atoms with Crippen LogP contribution in [0.4, 0.5) is 0 Å². The van der Waals surface area contributed by atoms with Crippen molar-refractivity contribution < 1.29 is 13.2 Å².